The molecule has 5 aromatic carbocycles. The number of para-hydroxylation sites is 2. The van der Waals surface area contributed by atoms with Crippen molar-refractivity contribution in [3.05, 3.63) is 138 Å². The summed E-state index contributed by atoms with van der Waals surface area (Å²) in [6, 6.07) is 32.1. The SMILES string of the molecule is CC(NC(=O)CCCCCNC(=S)Nc1c(O)ccc2c1Oc1cc(O)ccc1C21OC(=O)c2ccccc21)P(=O)(Oc1ccccc1)Oc1ccccc1. The molecule has 2 aliphatic heterocycles. The first-order valence-electron chi connectivity index (χ1n) is 17.7. The highest BCUT2D eigenvalue weighted by molar-refractivity contribution is 7.80. The van der Waals surface area contributed by atoms with E-state index in [9.17, 15) is 24.4 Å². The van der Waals surface area contributed by atoms with Crippen LogP contribution in [0.2, 0.25) is 0 Å². The fraction of sp³-hybridized carbons (Fsp3) is 0.195. The van der Waals surface area contributed by atoms with Gasteiger partial charge in [-0.3, -0.25) is 4.79 Å². The zero-order valence-corrected chi connectivity index (χ0v) is 31.4. The summed E-state index contributed by atoms with van der Waals surface area (Å²) in [6.45, 7) is 2.05. The Bertz CT molecular complexity index is 2250. The molecule has 55 heavy (non-hydrogen) atoms. The Morgan fingerprint density at radius 1 is 0.836 bits per heavy atom. The Kier molecular flexibility index (Phi) is 10.7. The fourth-order valence-corrected chi connectivity index (χ4v) is 8.29. The Hall–Kier alpha value is -6.04. The highest BCUT2D eigenvalue weighted by Crippen LogP contribution is 2.59. The van der Waals surface area contributed by atoms with Gasteiger partial charge in [-0.05, 0) is 86.6 Å². The van der Waals surface area contributed by atoms with Gasteiger partial charge in [0.15, 0.2) is 22.2 Å². The number of fused-ring (bicyclic) bond motifs is 6. The van der Waals surface area contributed by atoms with Crippen molar-refractivity contribution in [2.75, 3.05) is 11.9 Å². The number of carbonyl (C=O) groups is 2. The van der Waals surface area contributed by atoms with Crippen LogP contribution >= 0.6 is 19.8 Å². The Balaban J connectivity index is 0.948. The summed E-state index contributed by atoms with van der Waals surface area (Å²) >= 11 is 5.57. The Morgan fingerprint density at radius 2 is 1.49 bits per heavy atom. The van der Waals surface area contributed by atoms with E-state index >= 15 is 0 Å². The first-order valence-corrected chi connectivity index (χ1v) is 19.7. The molecule has 1 spiro atoms. The molecular formula is C41H38N3O9PS. The summed E-state index contributed by atoms with van der Waals surface area (Å²) < 4.78 is 38.0. The number of ether oxygens (including phenoxy) is 2. The van der Waals surface area contributed by atoms with Crippen molar-refractivity contribution in [2.24, 2.45) is 0 Å². The second-order valence-electron chi connectivity index (χ2n) is 13.0. The van der Waals surface area contributed by atoms with Gasteiger partial charge < -0.3 is 44.7 Å². The van der Waals surface area contributed by atoms with Crippen LogP contribution in [0.15, 0.2) is 115 Å². The van der Waals surface area contributed by atoms with Crippen molar-refractivity contribution in [2.45, 2.75) is 44.0 Å². The Morgan fingerprint density at radius 3 is 2.20 bits per heavy atom. The molecule has 2 aliphatic rings. The normalized spacial score (nSPS) is 15.7. The molecule has 5 aromatic rings. The smallest absolute Gasteiger partial charge is 0.452 e. The van der Waals surface area contributed by atoms with Crippen LogP contribution in [0.3, 0.4) is 0 Å². The molecule has 5 N–H and O–H groups in total. The minimum atomic E-state index is -3.88. The third-order valence-electron chi connectivity index (χ3n) is 9.24. The molecule has 0 fully saturated rings. The molecule has 0 radical (unpaired) electrons. The summed E-state index contributed by atoms with van der Waals surface area (Å²) in [5.74, 6) is -0.802. The highest BCUT2D eigenvalue weighted by Gasteiger charge is 2.54. The van der Waals surface area contributed by atoms with Gasteiger partial charge in [0.05, 0.1) is 11.1 Å². The predicted octanol–water partition coefficient (Wildman–Crippen LogP) is 8.33. The van der Waals surface area contributed by atoms with Crippen LogP contribution in [0.25, 0.3) is 0 Å². The molecule has 2 atom stereocenters. The van der Waals surface area contributed by atoms with E-state index in [0.29, 0.717) is 59.6 Å². The van der Waals surface area contributed by atoms with Gasteiger partial charge >= 0.3 is 13.6 Å². The van der Waals surface area contributed by atoms with Crippen molar-refractivity contribution in [1.29, 1.82) is 0 Å². The summed E-state index contributed by atoms with van der Waals surface area (Å²) in [4.78, 5) is 26.1. The molecule has 0 saturated heterocycles. The number of thiocarbonyl (C=S) groups is 1. The number of phenols is 2. The molecule has 282 valence electrons. The summed E-state index contributed by atoms with van der Waals surface area (Å²) in [5.41, 5.74) is 0.747. The number of aromatic hydroxyl groups is 2. The van der Waals surface area contributed by atoms with Crippen LogP contribution < -0.4 is 29.7 Å². The molecule has 7 rings (SSSR count). The number of esters is 1. The zero-order chi connectivity index (χ0) is 38.6. The summed E-state index contributed by atoms with van der Waals surface area (Å²) in [5, 5.41) is 30.4. The molecule has 0 saturated carbocycles. The number of rotatable bonds is 13. The molecule has 0 aliphatic carbocycles. The minimum Gasteiger partial charge on any atom is -0.508 e. The van der Waals surface area contributed by atoms with Gasteiger partial charge in [-0.1, -0.05) is 61.0 Å². The minimum absolute atomic E-state index is 0.0528. The second kappa shape index (κ2) is 15.7. The third-order valence-corrected chi connectivity index (χ3v) is 11.5. The largest absolute Gasteiger partial charge is 0.508 e. The molecule has 0 aromatic heterocycles. The lowest BCUT2D eigenvalue weighted by Gasteiger charge is -2.37. The van der Waals surface area contributed by atoms with E-state index in [-0.39, 0.29) is 46.1 Å². The number of nitrogens with one attached hydrogen (secondary N) is 3. The van der Waals surface area contributed by atoms with Gasteiger partial charge in [0, 0.05) is 30.2 Å². The average molecular weight is 780 g/mol. The van der Waals surface area contributed by atoms with E-state index in [1.807, 2.05) is 24.3 Å². The number of phenolic OH excluding ortho intramolecular Hbond substituents is 2. The van der Waals surface area contributed by atoms with Gasteiger partial charge in [-0.15, -0.1) is 0 Å². The monoisotopic (exact) mass is 779 g/mol. The first-order chi connectivity index (χ1) is 26.6. The number of unbranched alkanes of at least 4 members (excludes halogenated alkanes) is 2. The van der Waals surface area contributed by atoms with E-state index in [0.717, 1.165) is 0 Å². The average Bonchev–Trinajstić information content (AvgIpc) is 3.46. The third kappa shape index (κ3) is 7.67. The topological polar surface area (TPSA) is 165 Å². The van der Waals surface area contributed by atoms with Crippen LogP contribution in [-0.4, -0.2) is 39.5 Å². The zero-order valence-electron chi connectivity index (χ0n) is 29.7. The molecule has 12 nitrogen and oxygen atoms in total. The van der Waals surface area contributed by atoms with Crippen molar-refractivity contribution >= 4 is 42.5 Å². The van der Waals surface area contributed by atoms with Crippen molar-refractivity contribution in [1.82, 2.24) is 10.6 Å². The molecule has 2 unspecified atom stereocenters. The second-order valence-corrected chi connectivity index (χ2v) is 15.6. The van der Waals surface area contributed by atoms with E-state index in [2.05, 4.69) is 16.0 Å². The van der Waals surface area contributed by atoms with Crippen LogP contribution in [-0.2, 0) is 19.7 Å². The van der Waals surface area contributed by atoms with E-state index in [1.54, 1.807) is 79.7 Å². The number of anilines is 1. The molecule has 1 amide bonds. The maximum absolute atomic E-state index is 14.0. The van der Waals surface area contributed by atoms with Crippen LogP contribution in [0.1, 0.15) is 59.7 Å². The first kappa shape index (κ1) is 37.3. The lowest BCUT2D eigenvalue weighted by molar-refractivity contribution is -0.121. The van der Waals surface area contributed by atoms with Gasteiger partial charge in [-0.25, -0.2) is 9.36 Å². The quantitative estimate of drug-likeness (QED) is 0.0256. The standard InChI is InChI=1S/C41H38N3O9PS/c1-26(54(49,52-28-13-5-2-6-14-28)53-29-15-7-3-8-16-29)43-36(47)19-9-4-12-24-42-40(55)44-37-34(46)23-22-33-38(37)50-35-25-27(45)20-21-32(35)41(33)31-18-11-10-17-30(31)39(48)51-41/h2-3,5-8,10-11,13-18,20-23,25-26,45-46H,4,9,12,19,24H2,1H3,(H,43,47)(H2,42,44,55). The van der Waals surface area contributed by atoms with Crippen molar-refractivity contribution < 1.29 is 42.9 Å². The maximum atomic E-state index is 14.0. The lowest BCUT2D eigenvalue weighted by Crippen LogP contribution is -2.35. The van der Waals surface area contributed by atoms with Gasteiger partial charge in [0.1, 0.15) is 34.4 Å². The molecule has 2 heterocycles. The summed E-state index contributed by atoms with van der Waals surface area (Å²) in [7, 11) is -3.88. The number of amides is 1. The molecular weight excluding hydrogens is 742 g/mol. The number of hydrogen-bond donors (Lipinski definition) is 5. The van der Waals surface area contributed by atoms with Gasteiger partial charge in [-0.2, -0.15) is 0 Å². The predicted molar refractivity (Wildman–Crippen MR) is 210 cm³/mol. The lowest BCUT2D eigenvalue weighted by atomic mass is 9.77. The Labute approximate surface area is 322 Å². The molecule has 0 bridgehead atoms. The van der Waals surface area contributed by atoms with Crippen LogP contribution in [0.4, 0.5) is 5.69 Å². The van der Waals surface area contributed by atoms with Crippen molar-refractivity contribution in [3.8, 4) is 34.5 Å². The van der Waals surface area contributed by atoms with E-state index in [1.165, 1.54) is 18.2 Å². The highest BCUT2D eigenvalue weighted by atomic mass is 32.1. The number of carbonyl (C=O) groups excluding carboxylic acids is 2. The van der Waals surface area contributed by atoms with Gasteiger partial charge in [0.2, 0.25) is 5.91 Å². The van der Waals surface area contributed by atoms with E-state index in [4.69, 9.17) is 30.7 Å². The van der Waals surface area contributed by atoms with E-state index < -0.39 is 24.9 Å². The van der Waals surface area contributed by atoms with Crippen LogP contribution in [0, 0.1) is 0 Å². The fourth-order valence-electron chi connectivity index (χ4n) is 6.60. The van der Waals surface area contributed by atoms with Crippen molar-refractivity contribution in [3.63, 3.8) is 0 Å². The van der Waals surface area contributed by atoms with Gasteiger partial charge in [0.25, 0.3) is 0 Å². The summed E-state index contributed by atoms with van der Waals surface area (Å²) in [6.07, 6.45) is 2.09. The number of hydrogen-bond acceptors (Lipinski definition) is 10. The van der Waals surface area contributed by atoms with Crippen LogP contribution in [0.5, 0.6) is 34.5 Å². The maximum Gasteiger partial charge on any atom is 0.452 e. The molecule has 14 heteroatoms. The number of benzene rings is 5.